The normalized spacial score (nSPS) is 19.7. The maximum absolute atomic E-state index is 12.1. The fourth-order valence-electron chi connectivity index (χ4n) is 3.52. The van der Waals surface area contributed by atoms with E-state index in [-0.39, 0.29) is 16.8 Å². The summed E-state index contributed by atoms with van der Waals surface area (Å²) in [5.74, 6) is -0.255. The van der Waals surface area contributed by atoms with Crippen LogP contribution in [0, 0.1) is 0 Å². The summed E-state index contributed by atoms with van der Waals surface area (Å²) in [5.41, 5.74) is 12.1. The topological polar surface area (TPSA) is 143 Å². The highest BCUT2D eigenvalue weighted by Gasteiger charge is 2.42. The summed E-state index contributed by atoms with van der Waals surface area (Å²) in [6, 6.07) is 6.10. The van der Waals surface area contributed by atoms with Gasteiger partial charge in [0.15, 0.2) is 0 Å². The van der Waals surface area contributed by atoms with Crippen LogP contribution in [0.2, 0.25) is 0 Å². The van der Waals surface area contributed by atoms with E-state index in [0.717, 1.165) is 39.0 Å². The lowest BCUT2D eigenvalue weighted by molar-refractivity contribution is -0.117. The van der Waals surface area contributed by atoms with Gasteiger partial charge in [0.05, 0.1) is 4.90 Å². The molecule has 1 saturated carbocycles. The van der Waals surface area contributed by atoms with Crippen LogP contribution in [-0.2, 0) is 14.8 Å². The molecule has 26 heavy (non-hydrogen) atoms. The van der Waals surface area contributed by atoms with Gasteiger partial charge in [-0.05, 0) is 49.9 Å². The third kappa shape index (κ3) is 3.36. The molecule has 0 radical (unpaired) electrons. The Labute approximate surface area is 152 Å². The first kappa shape index (κ1) is 18.2. The van der Waals surface area contributed by atoms with Gasteiger partial charge in [-0.1, -0.05) is 6.42 Å². The summed E-state index contributed by atoms with van der Waals surface area (Å²) in [4.78, 5) is 21.5. The Morgan fingerprint density at radius 2 is 1.77 bits per heavy atom. The molecule has 1 aliphatic heterocycles. The van der Waals surface area contributed by atoms with Crippen LogP contribution in [0.15, 0.2) is 39.1 Å². The molecular weight excluding hydrogens is 356 g/mol. The molecule has 1 spiro atoms. The molecule has 9 nitrogen and oxygen atoms in total. The van der Waals surface area contributed by atoms with Crippen molar-refractivity contribution in [2.24, 2.45) is 21.5 Å². The molecule has 1 amide bonds. The van der Waals surface area contributed by atoms with Gasteiger partial charge < -0.3 is 11.5 Å². The molecule has 1 aromatic carbocycles. The monoisotopic (exact) mass is 378 g/mol. The van der Waals surface area contributed by atoms with E-state index in [1.165, 1.54) is 12.1 Å². The van der Waals surface area contributed by atoms with Gasteiger partial charge in [-0.15, -0.1) is 0 Å². The zero-order valence-electron chi connectivity index (χ0n) is 14.5. The number of carbonyl (C=O) groups excluding carboxylic acids is 1. The summed E-state index contributed by atoms with van der Waals surface area (Å²) < 4.78 is 26.1. The first-order valence-corrected chi connectivity index (χ1v) is 9.85. The molecular formula is C16H22N6O3S. The second-order valence-corrected chi connectivity index (χ2v) is 8.16. The van der Waals surface area contributed by atoms with Gasteiger partial charge in [-0.3, -0.25) is 9.69 Å². The maximum atomic E-state index is 12.1. The van der Waals surface area contributed by atoms with Crippen LogP contribution >= 0.6 is 0 Å². The zero-order valence-corrected chi connectivity index (χ0v) is 15.3. The highest BCUT2D eigenvalue weighted by Crippen LogP contribution is 2.39. The quantitative estimate of drug-likeness (QED) is 0.703. The summed E-state index contributed by atoms with van der Waals surface area (Å²) in [6.07, 6.45) is 4.69. The number of nitrogens with one attached hydrogen (secondary N) is 1. The molecule has 1 aromatic rings. The van der Waals surface area contributed by atoms with Gasteiger partial charge in [-0.25, -0.2) is 18.1 Å². The molecule has 0 aromatic heterocycles. The summed E-state index contributed by atoms with van der Waals surface area (Å²) in [6.45, 7) is 1.14. The largest absolute Gasteiger partial charge is 0.369 e. The number of hydrogen-bond donors (Lipinski definition) is 3. The number of guanidine groups is 2. The Kier molecular flexibility index (Phi) is 4.61. The minimum Gasteiger partial charge on any atom is -0.369 e. The Hall–Kier alpha value is -2.62. The maximum Gasteiger partial charge on any atom is 0.264 e. The fourth-order valence-corrected chi connectivity index (χ4v) is 4.51. The van der Waals surface area contributed by atoms with Crippen LogP contribution in [0.25, 0.3) is 0 Å². The Morgan fingerprint density at radius 3 is 2.35 bits per heavy atom. The molecule has 140 valence electrons. The molecule has 10 heteroatoms. The molecule has 1 heterocycles. The molecule has 1 aliphatic carbocycles. The molecule has 2 aliphatic rings. The number of hydrogen-bond acceptors (Lipinski definition) is 8. The number of sulfonamides is 1. The Bertz CT molecular complexity index is 870. The number of nitrogens with two attached hydrogens (primary N) is 2. The Balaban J connectivity index is 1.97. The number of nitrogens with zero attached hydrogens (tertiary/aromatic N) is 3. The minimum atomic E-state index is -3.89. The number of rotatable bonds is 3. The van der Waals surface area contributed by atoms with E-state index >= 15 is 0 Å². The van der Waals surface area contributed by atoms with Gasteiger partial charge in [0.2, 0.25) is 17.8 Å². The predicted molar refractivity (Wildman–Crippen MR) is 99.0 cm³/mol. The van der Waals surface area contributed by atoms with E-state index in [4.69, 9.17) is 11.5 Å². The standard InChI is InChI=1S/C16H22N6O3S/c1-11(23)21-26(24,25)13-7-5-12(6-8-13)22-15(18)19-14(17)20-16(22)9-3-2-4-10-16/h5-8H,2-4,9-10H2,1H3,(H,21,23)(H4,17,18,19,20). The first-order valence-electron chi connectivity index (χ1n) is 8.37. The lowest BCUT2D eigenvalue weighted by atomic mass is 9.87. The van der Waals surface area contributed by atoms with Crippen molar-refractivity contribution in [3.05, 3.63) is 24.3 Å². The van der Waals surface area contributed by atoms with Crippen molar-refractivity contribution in [3.63, 3.8) is 0 Å². The number of carbonyl (C=O) groups is 1. The summed E-state index contributed by atoms with van der Waals surface area (Å²) in [7, 11) is -3.89. The third-order valence-electron chi connectivity index (χ3n) is 4.53. The number of aliphatic imine (C=N–C) groups is 2. The van der Waals surface area contributed by atoms with Crippen molar-refractivity contribution < 1.29 is 13.2 Å². The second kappa shape index (κ2) is 6.60. The van der Waals surface area contributed by atoms with Gasteiger partial charge in [-0.2, -0.15) is 4.99 Å². The molecule has 0 bridgehead atoms. The zero-order chi connectivity index (χ0) is 18.9. The highest BCUT2D eigenvalue weighted by molar-refractivity contribution is 7.90. The van der Waals surface area contributed by atoms with Crippen LogP contribution in [0.5, 0.6) is 0 Å². The average molecular weight is 378 g/mol. The molecule has 3 rings (SSSR count). The summed E-state index contributed by atoms with van der Waals surface area (Å²) in [5, 5.41) is 0. The SMILES string of the molecule is CC(=O)NS(=O)(=O)c1ccc(N2C(N)=NC(N)=NC23CCCCC3)cc1. The average Bonchev–Trinajstić information content (AvgIpc) is 2.54. The first-order chi connectivity index (χ1) is 12.2. The van der Waals surface area contributed by atoms with E-state index in [1.54, 1.807) is 12.1 Å². The van der Waals surface area contributed by atoms with Crippen molar-refractivity contribution >= 4 is 33.5 Å². The van der Waals surface area contributed by atoms with Gasteiger partial charge >= 0.3 is 0 Å². The van der Waals surface area contributed by atoms with Crippen molar-refractivity contribution in [2.75, 3.05) is 4.90 Å². The van der Waals surface area contributed by atoms with Crippen LogP contribution in [0.3, 0.4) is 0 Å². The molecule has 0 atom stereocenters. The van der Waals surface area contributed by atoms with Crippen LogP contribution in [-0.4, -0.2) is 31.9 Å². The third-order valence-corrected chi connectivity index (χ3v) is 5.98. The Morgan fingerprint density at radius 1 is 1.15 bits per heavy atom. The van der Waals surface area contributed by atoms with Crippen molar-refractivity contribution in [1.82, 2.24) is 4.72 Å². The lowest BCUT2D eigenvalue weighted by Gasteiger charge is -2.45. The van der Waals surface area contributed by atoms with Crippen molar-refractivity contribution in [1.29, 1.82) is 0 Å². The molecule has 5 N–H and O–H groups in total. The van der Waals surface area contributed by atoms with Crippen molar-refractivity contribution in [3.8, 4) is 0 Å². The molecule has 0 saturated heterocycles. The van der Waals surface area contributed by atoms with E-state index in [2.05, 4.69) is 9.98 Å². The van der Waals surface area contributed by atoms with E-state index in [9.17, 15) is 13.2 Å². The van der Waals surface area contributed by atoms with Gasteiger partial charge in [0.1, 0.15) is 5.66 Å². The van der Waals surface area contributed by atoms with Gasteiger partial charge in [0.25, 0.3) is 10.0 Å². The summed E-state index contributed by atoms with van der Waals surface area (Å²) >= 11 is 0. The fraction of sp³-hybridized carbons (Fsp3) is 0.438. The predicted octanol–water partition coefficient (Wildman–Crippen LogP) is 0.621. The van der Waals surface area contributed by atoms with Crippen LogP contribution < -0.4 is 21.1 Å². The van der Waals surface area contributed by atoms with E-state index in [0.29, 0.717) is 5.69 Å². The molecule has 1 fully saturated rings. The number of anilines is 1. The van der Waals surface area contributed by atoms with Crippen molar-refractivity contribution in [2.45, 2.75) is 49.6 Å². The van der Waals surface area contributed by atoms with Crippen LogP contribution in [0.1, 0.15) is 39.0 Å². The lowest BCUT2D eigenvalue weighted by Crippen LogP contribution is -2.58. The van der Waals surface area contributed by atoms with E-state index in [1.807, 2.05) is 9.62 Å². The highest BCUT2D eigenvalue weighted by atomic mass is 32.2. The second-order valence-electron chi connectivity index (χ2n) is 6.47. The molecule has 0 unspecified atom stereocenters. The number of amides is 1. The van der Waals surface area contributed by atoms with E-state index < -0.39 is 21.6 Å². The smallest absolute Gasteiger partial charge is 0.264 e. The van der Waals surface area contributed by atoms with Gasteiger partial charge in [0, 0.05) is 12.6 Å². The number of benzene rings is 1. The van der Waals surface area contributed by atoms with Crippen LogP contribution in [0.4, 0.5) is 5.69 Å². The minimum absolute atomic E-state index is 0.00956.